The van der Waals surface area contributed by atoms with Gasteiger partial charge in [-0.3, -0.25) is 9.48 Å². The van der Waals surface area contributed by atoms with Gasteiger partial charge in [0.25, 0.3) is 0 Å². The molecule has 6 heteroatoms. The number of nitrogens with one attached hydrogen (secondary N) is 2. The molecule has 0 aliphatic rings. The van der Waals surface area contributed by atoms with Crippen LogP contribution >= 0.6 is 11.6 Å². The van der Waals surface area contributed by atoms with E-state index in [0.717, 1.165) is 11.3 Å². The van der Waals surface area contributed by atoms with E-state index in [1.54, 1.807) is 11.7 Å². The standard InChI is InChI=1S/C13H23ClN4O/c1-8-10(11(14)18(6)17-8)7-15-9(2)12(19)16-13(3,4)5/h9,15H,7H2,1-6H3,(H,16,19). The molecule has 1 aromatic rings. The molecular formula is C13H23ClN4O. The molecule has 2 N–H and O–H groups in total. The van der Waals surface area contributed by atoms with Gasteiger partial charge in [0.1, 0.15) is 5.15 Å². The highest BCUT2D eigenvalue weighted by molar-refractivity contribution is 6.30. The molecule has 5 nitrogen and oxygen atoms in total. The molecule has 108 valence electrons. The molecule has 0 saturated heterocycles. The molecule has 19 heavy (non-hydrogen) atoms. The fraction of sp³-hybridized carbons (Fsp3) is 0.692. The molecule has 0 fully saturated rings. The number of hydrogen-bond acceptors (Lipinski definition) is 3. The van der Waals surface area contributed by atoms with Gasteiger partial charge >= 0.3 is 0 Å². The minimum atomic E-state index is -0.283. The number of aromatic nitrogens is 2. The molecule has 0 aromatic carbocycles. The lowest BCUT2D eigenvalue weighted by atomic mass is 10.1. The van der Waals surface area contributed by atoms with E-state index in [2.05, 4.69) is 15.7 Å². The average molecular weight is 287 g/mol. The highest BCUT2D eigenvalue weighted by atomic mass is 35.5. The van der Waals surface area contributed by atoms with Gasteiger partial charge in [0.05, 0.1) is 11.7 Å². The summed E-state index contributed by atoms with van der Waals surface area (Å²) >= 11 is 6.14. The minimum absolute atomic E-state index is 0.0230. The second kappa shape index (κ2) is 5.92. The number of hydrogen-bond donors (Lipinski definition) is 2. The molecule has 1 unspecified atom stereocenters. The number of nitrogens with zero attached hydrogens (tertiary/aromatic N) is 2. The molecule has 1 amide bonds. The van der Waals surface area contributed by atoms with Gasteiger partial charge in [-0.15, -0.1) is 0 Å². The third-order valence-electron chi connectivity index (χ3n) is 2.75. The summed E-state index contributed by atoms with van der Waals surface area (Å²) in [4.78, 5) is 11.9. The molecular weight excluding hydrogens is 264 g/mol. The Morgan fingerprint density at radius 2 is 2.05 bits per heavy atom. The number of amides is 1. The van der Waals surface area contributed by atoms with Crippen LogP contribution in [0.15, 0.2) is 0 Å². The molecule has 0 spiro atoms. The van der Waals surface area contributed by atoms with Crippen LogP contribution in [0, 0.1) is 6.92 Å². The van der Waals surface area contributed by atoms with Crippen LogP contribution in [0.5, 0.6) is 0 Å². The van der Waals surface area contributed by atoms with E-state index in [1.165, 1.54) is 0 Å². The Kier molecular flexibility index (Phi) is 4.98. The van der Waals surface area contributed by atoms with Gasteiger partial charge in [-0.05, 0) is 34.6 Å². The van der Waals surface area contributed by atoms with E-state index in [0.29, 0.717) is 11.7 Å². The van der Waals surface area contributed by atoms with Crippen molar-refractivity contribution in [3.8, 4) is 0 Å². The summed E-state index contributed by atoms with van der Waals surface area (Å²) in [6, 6.07) is -0.283. The van der Waals surface area contributed by atoms with E-state index in [-0.39, 0.29) is 17.5 Å². The van der Waals surface area contributed by atoms with Crippen LogP contribution in [0.25, 0.3) is 0 Å². The number of aryl methyl sites for hydroxylation is 2. The predicted molar refractivity (Wildman–Crippen MR) is 77.2 cm³/mol. The van der Waals surface area contributed by atoms with Crippen molar-refractivity contribution < 1.29 is 4.79 Å². The summed E-state index contributed by atoms with van der Waals surface area (Å²) in [5.41, 5.74) is 1.58. The van der Waals surface area contributed by atoms with E-state index in [4.69, 9.17) is 11.6 Å². The molecule has 0 aliphatic heterocycles. The molecule has 1 rings (SSSR count). The van der Waals surface area contributed by atoms with Gasteiger partial charge in [-0.2, -0.15) is 5.10 Å². The Balaban J connectivity index is 2.59. The second-order valence-electron chi connectivity index (χ2n) is 5.82. The zero-order valence-corrected chi connectivity index (χ0v) is 13.2. The molecule has 0 radical (unpaired) electrons. The summed E-state index contributed by atoms with van der Waals surface area (Å²) < 4.78 is 1.63. The third kappa shape index (κ3) is 4.51. The van der Waals surface area contributed by atoms with Crippen molar-refractivity contribution in [2.24, 2.45) is 7.05 Å². The van der Waals surface area contributed by atoms with Crippen LogP contribution in [0.3, 0.4) is 0 Å². The quantitative estimate of drug-likeness (QED) is 0.887. The predicted octanol–water partition coefficient (Wildman–Crippen LogP) is 1.77. The number of carbonyl (C=O) groups excluding carboxylic acids is 1. The van der Waals surface area contributed by atoms with Crippen molar-refractivity contribution >= 4 is 17.5 Å². The average Bonchev–Trinajstić information content (AvgIpc) is 2.48. The Hall–Kier alpha value is -1.07. The summed E-state index contributed by atoms with van der Waals surface area (Å²) in [6.45, 7) is 10.1. The monoisotopic (exact) mass is 286 g/mol. The van der Waals surface area contributed by atoms with E-state index < -0.39 is 0 Å². The molecule has 1 aromatic heterocycles. The van der Waals surface area contributed by atoms with Crippen molar-refractivity contribution in [1.82, 2.24) is 20.4 Å². The summed E-state index contributed by atoms with van der Waals surface area (Å²) in [6.07, 6.45) is 0. The Morgan fingerprint density at radius 3 is 2.47 bits per heavy atom. The lowest BCUT2D eigenvalue weighted by molar-refractivity contribution is -0.124. The smallest absolute Gasteiger partial charge is 0.237 e. The van der Waals surface area contributed by atoms with Gasteiger partial charge in [0, 0.05) is 24.7 Å². The first-order valence-corrected chi connectivity index (χ1v) is 6.73. The van der Waals surface area contributed by atoms with E-state index in [1.807, 2.05) is 34.6 Å². The highest BCUT2D eigenvalue weighted by Crippen LogP contribution is 2.18. The van der Waals surface area contributed by atoms with Crippen molar-refractivity contribution in [2.75, 3.05) is 0 Å². The summed E-state index contributed by atoms with van der Waals surface area (Å²) in [7, 11) is 1.80. The number of rotatable bonds is 4. The normalized spacial score (nSPS) is 13.4. The van der Waals surface area contributed by atoms with Gasteiger partial charge in [0.2, 0.25) is 5.91 Å². The van der Waals surface area contributed by atoms with Gasteiger partial charge in [-0.25, -0.2) is 0 Å². The Morgan fingerprint density at radius 1 is 1.47 bits per heavy atom. The van der Waals surface area contributed by atoms with Crippen LogP contribution in [0.1, 0.15) is 39.0 Å². The van der Waals surface area contributed by atoms with Crippen LogP contribution in [0.2, 0.25) is 5.15 Å². The largest absolute Gasteiger partial charge is 0.350 e. The zero-order valence-electron chi connectivity index (χ0n) is 12.5. The lowest BCUT2D eigenvalue weighted by Crippen LogP contribution is -2.49. The fourth-order valence-electron chi connectivity index (χ4n) is 1.70. The zero-order chi connectivity index (χ0) is 14.8. The second-order valence-corrected chi connectivity index (χ2v) is 6.18. The maximum atomic E-state index is 11.9. The topological polar surface area (TPSA) is 59.0 Å². The first kappa shape index (κ1) is 16.0. The maximum Gasteiger partial charge on any atom is 0.237 e. The van der Waals surface area contributed by atoms with Gasteiger partial charge in [0.15, 0.2) is 0 Å². The minimum Gasteiger partial charge on any atom is -0.350 e. The number of halogens is 1. The van der Waals surface area contributed by atoms with Crippen LogP contribution in [-0.2, 0) is 18.4 Å². The first-order chi connectivity index (χ1) is 8.61. The third-order valence-corrected chi connectivity index (χ3v) is 3.22. The van der Waals surface area contributed by atoms with Crippen molar-refractivity contribution in [2.45, 2.75) is 52.7 Å². The fourth-order valence-corrected chi connectivity index (χ4v) is 1.94. The van der Waals surface area contributed by atoms with Crippen LogP contribution in [0.4, 0.5) is 0 Å². The summed E-state index contributed by atoms with van der Waals surface area (Å²) in [5.74, 6) is -0.0230. The lowest BCUT2D eigenvalue weighted by Gasteiger charge is -2.23. The Labute approximate surface area is 119 Å². The molecule has 1 atom stereocenters. The van der Waals surface area contributed by atoms with Crippen LogP contribution in [-0.4, -0.2) is 27.3 Å². The van der Waals surface area contributed by atoms with Crippen molar-refractivity contribution in [3.05, 3.63) is 16.4 Å². The Bertz CT molecular complexity index is 462. The maximum absolute atomic E-state index is 11.9. The van der Waals surface area contributed by atoms with Crippen molar-refractivity contribution in [3.63, 3.8) is 0 Å². The van der Waals surface area contributed by atoms with E-state index >= 15 is 0 Å². The van der Waals surface area contributed by atoms with E-state index in [9.17, 15) is 4.79 Å². The van der Waals surface area contributed by atoms with Gasteiger partial charge < -0.3 is 10.6 Å². The molecule has 1 heterocycles. The molecule has 0 aliphatic carbocycles. The first-order valence-electron chi connectivity index (χ1n) is 6.35. The van der Waals surface area contributed by atoms with Gasteiger partial charge in [-0.1, -0.05) is 11.6 Å². The highest BCUT2D eigenvalue weighted by Gasteiger charge is 2.20. The molecule has 0 saturated carbocycles. The SMILES string of the molecule is Cc1nn(C)c(Cl)c1CNC(C)C(=O)NC(C)(C)C. The molecule has 0 bridgehead atoms. The summed E-state index contributed by atoms with van der Waals surface area (Å²) in [5, 5.41) is 10.9. The van der Waals surface area contributed by atoms with Crippen LogP contribution < -0.4 is 10.6 Å². The van der Waals surface area contributed by atoms with Crippen molar-refractivity contribution in [1.29, 1.82) is 0 Å². The number of carbonyl (C=O) groups is 1.